The number of alkyl carbamates (subject to hydrolysis) is 1. The normalized spacial score (nSPS) is 10.1. The second kappa shape index (κ2) is 10.7. The molecule has 2 aromatic rings. The third-order valence-corrected chi connectivity index (χ3v) is 5.16. The molecule has 0 atom stereocenters. The quantitative estimate of drug-likeness (QED) is 0.345. The van der Waals surface area contributed by atoms with Crippen LogP contribution in [0.1, 0.15) is 24.5 Å². The summed E-state index contributed by atoms with van der Waals surface area (Å²) in [6.45, 7) is 2.12. The molecular formula is C20H23N3O3S2. The van der Waals surface area contributed by atoms with Crippen LogP contribution in [0.2, 0.25) is 0 Å². The van der Waals surface area contributed by atoms with E-state index in [4.69, 9.17) is 22.4 Å². The number of hydrogen-bond acceptors (Lipinski definition) is 6. The number of benzene rings is 2. The first kappa shape index (κ1) is 21.7. The molecule has 148 valence electrons. The van der Waals surface area contributed by atoms with Gasteiger partial charge in [0.25, 0.3) is 0 Å². The van der Waals surface area contributed by atoms with Crippen LogP contribution in [0.5, 0.6) is 5.75 Å². The van der Waals surface area contributed by atoms with Crippen LogP contribution < -0.4 is 15.4 Å². The van der Waals surface area contributed by atoms with E-state index in [1.807, 2.05) is 42.5 Å². The third kappa shape index (κ3) is 5.97. The third-order valence-electron chi connectivity index (χ3n) is 3.76. The standard InChI is InChI=1S/C20H23N3O3S2/c1-4-11-28-15-9-10-16(17(12-15)22-19(27)23-20(24)26-3)18(21)13-5-7-14(25-2)8-6-13/h5-10,12,21H,4,11H2,1-3H3,(H2,22,23,24,27). The Balaban J connectivity index is 2.33. The van der Waals surface area contributed by atoms with Crippen LogP contribution >= 0.6 is 24.0 Å². The van der Waals surface area contributed by atoms with Gasteiger partial charge in [-0.1, -0.05) is 6.92 Å². The highest BCUT2D eigenvalue weighted by Gasteiger charge is 2.14. The molecule has 2 aromatic carbocycles. The van der Waals surface area contributed by atoms with Crippen LogP contribution in [0, 0.1) is 5.41 Å². The molecule has 0 bridgehead atoms. The molecule has 0 saturated heterocycles. The molecule has 0 fully saturated rings. The molecule has 0 radical (unpaired) electrons. The highest BCUT2D eigenvalue weighted by Crippen LogP contribution is 2.28. The second-order valence-electron chi connectivity index (χ2n) is 5.73. The highest BCUT2D eigenvalue weighted by molar-refractivity contribution is 7.99. The van der Waals surface area contributed by atoms with Gasteiger partial charge in [-0.25, -0.2) is 4.79 Å². The summed E-state index contributed by atoms with van der Waals surface area (Å²) in [4.78, 5) is 12.5. The van der Waals surface area contributed by atoms with Crippen molar-refractivity contribution in [2.45, 2.75) is 18.2 Å². The van der Waals surface area contributed by atoms with E-state index in [9.17, 15) is 4.79 Å². The molecule has 28 heavy (non-hydrogen) atoms. The number of thiocarbonyl (C=S) groups is 1. The number of carbonyl (C=O) groups excluding carboxylic acids is 1. The van der Waals surface area contributed by atoms with Crippen molar-refractivity contribution in [3.63, 3.8) is 0 Å². The van der Waals surface area contributed by atoms with Crippen molar-refractivity contribution in [2.75, 3.05) is 25.3 Å². The van der Waals surface area contributed by atoms with Crippen LogP contribution in [0.3, 0.4) is 0 Å². The van der Waals surface area contributed by atoms with E-state index >= 15 is 0 Å². The SMILES string of the molecule is CCCSc1ccc(C(=N)c2ccc(OC)cc2)c(NC(=S)NC(=O)OC)c1. The molecule has 3 N–H and O–H groups in total. The molecule has 0 aliphatic heterocycles. The lowest BCUT2D eigenvalue weighted by Crippen LogP contribution is -2.34. The molecule has 1 amide bonds. The Morgan fingerprint density at radius 3 is 2.50 bits per heavy atom. The van der Waals surface area contributed by atoms with Crippen molar-refractivity contribution in [1.29, 1.82) is 5.41 Å². The van der Waals surface area contributed by atoms with Crippen LogP contribution in [-0.4, -0.2) is 36.9 Å². The Hall–Kier alpha value is -2.58. The maximum atomic E-state index is 11.4. The lowest BCUT2D eigenvalue weighted by Gasteiger charge is -2.16. The van der Waals surface area contributed by atoms with E-state index in [-0.39, 0.29) is 5.11 Å². The lowest BCUT2D eigenvalue weighted by atomic mass is 10.0. The van der Waals surface area contributed by atoms with Crippen molar-refractivity contribution in [2.24, 2.45) is 0 Å². The summed E-state index contributed by atoms with van der Waals surface area (Å²) in [6, 6.07) is 13.1. The fraction of sp³-hybridized carbons (Fsp3) is 0.250. The minimum absolute atomic E-state index is 0.105. The van der Waals surface area contributed by atoms with Crippen molar-refractivity contribution >= 4 is 46.6 Å². The number of amides is 1. The number of carbonyl (C=O) groups is 1. The Morgan fingerprint density at radius 2 is 1.89 bits per heavy atom. The molecule has 6 nitrogen and oxygen atoms in total. The van der Waals surface area contributed by atoms with Gasteiger partial charge < -0.3 is 14.8 Å². The second-order valence-corrected chi connectivity index (χ2v) is 7.31. The van der Waals surface area contributed by atoms with E-state index in [0.29, 0.717) is 17.0 Å². The minimum Gasteiger partial charge on any atom is -0.497 e. The fourth-order valence-electron chi connectivity index (χ4n) is 2.36. The number of ether oxygens (including phenoxy) is 2. The van der Waals surface area contributed by atoms with Crippen LogP contribution in [0.4, 0.5) is 10.5 Å². The smallest absolute Gasteiger partial charge is 0.413 e. The lowest BCUT2D eigenvalue weighted by molar-refractivity contribution is 0.177. The average Bonchev–Trinajstić information content (AvgIpc) is 2.71. The maximum absolute atomic E-state index is 11.4. The van der Waals surface area contributed by atoms with Crippen molar-refractivity contribution in [1.82, 2.24) is 5.32 Å². The summed E-state index contributed by atoms with van der Waals surface area (Å²) < 4.78 is 9.75. The zero-order valence-corrected chi connectivity index (χ0v) is 17.6. The zero-order chi connectivity index (χ0) is 20.5. The molecule has 2 rings (SSSR count). The molecule has 0 aliphatic carbocycles. The molecule has 0 aromatic heterocycles. The van der Waals surface area contributed by atoms with Gasteiger partial charge in [0.2, 0.25) is 0 Å². The summed E-state index contributed by atoms with van der Waals surface area (Å²) in [5.41, 5.74) is 2.38. The van der Waals surface area contributed by atoms with Gasteiger partial charge in [-0.05, 0) is 66.9 Å². The van der Waals surface area contributed by atoms with Crippen LogP contribution in [0.15, 0.2) is 47.4 Å². The average molecular weight is 418 g/mol. The van der Waals surface area contributed by atoms with Gasteiger partial charge in [0.05, 0.1) is 25.6 Å². The highest BCUT2D eigenvalue weighted by atomic mass is 32.2. The van der Waals surface area contributed by atoms with Crippen molar-refractivity contribution in [3.05, 3.63) is 53.6 Å². The molecule has 0 heterocycles. The molecule has 0 aliphatic rings. The number of rotatable bonds is 7. The molecule has 0 unspecified atom stereocenters. The summed E-state index contributed by atoms with van der Waals surface area (Å²) in [7, 11) is 2.87. The largest absolute Gasteiger partial charge is 0.497 e. The van der Waals surface area contributed by atoms with Crippen molar-refractivity contribution < 1.29 is 14.3 Å². The van der Waals surface area contributed by atoms with Crippen LogP contribution in [-0.2, 0) is 4.74 Å². The summed E-state index contributed by atoms with van der Waals surface area (Å²) in [5, 5.41) is 14.2. The van der Waals surface area contributed by atoms with Gasteiger partial charge >= 0.3 is 6.09 Å². The minimum atomic E-state index is -0.652. The van der Waals surface area contributed by atoms with Crippen molar-refractivity contribution in [3.8, 4) is 5.75 Å². The molecule has 0 spiro atoms. The van der Waals surface area contributed by atoms with Gasteiger partial charge in [0.15, 0.2) is 5.11 Å². The zero-order valence-electron chi connectivity index (χ0n) is 16.0. The van der Waals surface area contributed by atoms with Gasteiger partial charge in [-0.2, -0.15) is 0 Å². The first-order valence-corrected chi connectivity index (χ1v) is 10.0. The van der Waals surface area contributed by atoms with Crippen LogP contribution in [0.25, 0.3) is 0 Å². The summed E-state index contributed by atoms with van der Waals surface area (Å²) in [5.74, 6) is 1.71. The van der Waals surface area contributed by atoms with E-state index in [1.165, 1.54) is 7.11 Å². The maximum Gasteiger partial charge on any atom is 0.413 e. The van der Waals surface area contributed by atoms with E-state index in [2.05, 4.69) is 22.3 Å². The molecule has 0 saturated carbocycles. The number of anilines is 1. The van der Waals surface area contributed by atoms with E-state index in [1.54, 1.807) is 18.9 Å². The summed E-state index contributed by atoms with van der Waals surface area (Å²) in [6.07, 6.45) is 0.403. The number of hydrogen-bond donors (Lipinski definition) is 3. The predicted octanol–water partition coefficient (Wildman–Crippen LogP) is 4.67. The topological polar surface area (TPSA) is 83.4 Å². The van der Waals surface area contributed by atoms with E-state index in [0.717, 1.165) is 28.4 Å². The van der Waals surface area contributed by atoms with Gasteiger partial charge in [-0.3, -0.25) is 10.7 Å². The van der Waals surface area contributed by atoms with E-state index < -0.39 is 6.09 Å². The first-order valence-electron chi connectivity index (χ1n) is 8.64. The van der Waals surface area contributed by atoms with Gasteiger partial charge in [0.1, 0.15) is 5.75 Å². The molecular weight excluding hydrogens is 394 g/mol. The Labute approximate surface area is 174 Å². The Kier molecular flexibility index (Phi) is 8.28. The molecule has 8 heteroatoms. The number of nitrogens with one attached hydrogen (secondary N) is 3. The van der Waals surface area contributed by atoms with Gasteiger partial charge in [-0.15, -0.1) is 11.8 Å². The fourth-order valence-corrected chi connectivity index (χ4v) is 3.36. The summed E-state index contributed by atoms with van der Waals surface area (Å²) >= 11 is 6.91. The monoisotopic (exact) mass is 417 g/mol. The Morgan fingerprint density at radius 1 is 1.18 bits per heavy atom. The number of methoxy groups -OCH3 is 2. The van der Waals surface area contributed by atoms with Gasteiger partial charge in [0, 0.05) is 16.0 Å². The Bertz CT molecular complexity index is 854. The number of thioether (sulfide) groups is 1. The first-order chi connectivity index (χ1) is 13.5. The predicted molar refractivity (Wildman–Crippen MR) is 118 cm³/mol.